The number of nitrogens with zero attached hydrogens (tertiary/aromatic N) is 2. The van der Waals surface area contributed by atoms with Crippen LogP contribution in [0.4, 0.5) is 11.6 Å². The van der Waals surface area contributed by atoms with Gasteiger partial charge in [0.2, 0.25) is 17.0 Å². The van der Waals surface area contributed by atoms with Crippen molar-refractivity contribution in [2.24, 2.45) is 0 Å². The second-order valence-corrected chi connectivity index (χ2v) is 6.21. The molecule has 128 valence electrons. The Bertz CT molecular complexity index is 853. The maximum absolute atomic E-state index is 12.9. The highest BCUT2D eigenvalue weighted by atomic mass is 32.2. The maximum atomic E-state index is 12.9. The van der Waals surface area contributed by atoms with Gasteiger partial charge in [-0.15, -0.1) is 5.10 Å². The van der Waals surface area contributed by atoms with Gasteiger partial charge in [-0.05, 0) is 17.7 Å². The van der Waals surface area contributed by atoms with Gasteiger partial charge in [-0.2, -0.15) is 4.98 Å². The van der Waals surface area contributed by atoms with Crippen LogP contribution in [-0.4, -0.2) is 28.2 Å². The van der Waals surface area contributed by atoms with Crippen LogP contribution in [0, 0.1) is 0 Å². The fourth-order valence-corrected chi connectivity index (χ4v) is 3.15. The van der Waals surface area contributed by atoms with Gasteiger partial charge in [-0.1, -0.05) is 48.2 Å². The quantitative estimate of drug-likeness (QED) is 0.587. The maximum Gasteiger partial charge on any atom is 0.242 e. The molecule has 0 spiro atoms. The number of amides is 1. The second kappa shape index (κ2) is 7.71. The number of nitrogen functional groups attached to an aromatic ring is 1. The van der Waals surface area contributed by atoms with Crippen LogP contribution in [0.1, 0.15) is 10.8 Å². The highest BCUT2D eigenvalue weighted by Crippen LogP contribution is 2.34. The Hall–Kier alpha value is -3.00. The third-order valence-electron chi connectivity index (χ3n) is 3.38. The summed E-state index contributed by atoms with van der Waals surface area (Å²) in [4.78, 5) is 16.9. The van der Waals surface area contributed by atoms with E-state index >= 15 is 0 Å². The minimum Gasteiger partial charge on any atom is -0.497 e. The lowest BCUT2D eigenvalue weighted by molar-refractivity contribution is -0.115. The average molecular weight is 355 g/mol. The molecule has 3 rings (SSSR count). The summed E-state index contributed by atoms with van der Waals surface area (Å²) in [5, 5.41) is 9.37. The van der Waals surface area contributed by atoms with Crippen LogP contribution < -0.4 is 15.8 Å². The van der Waals surface area contributed by atoms with Gasteiger partial charge in [0.05, 0.1) is 7.11 Å². The Balaban J connectivity index is 1.83. The molecule has 1 heterocycles. The number of aromatic amines is 1. The molecule has 1 atom stereocenters. The number of methoxy groups -OCH3 is 1. The number of hydrogen-bond donors (Lipinski definition) is 3. The molecule has 0 aliphatic carbocycles. The summed E-state index contributed by atoms with van der Waals surface area (Å²) in [5.41, 5.74) is 7.06. The number of nitrogens with one attached hydrogen (secondary N) is 2. The first-order chi connectivity index (χ1) is 12.2. The summed E-state index contributed by atoms with van der Waals surface area (Å²) < 4.78 is 5.19. The van der Waals surface area contributed by atoms with E-state index < -0.39 is 5.25 Å². The summed E-state index contributed by atoms with van der Waals surface area (Å²) in [6.45, 7) is 0. The monoisotopic (exact) mass is 355 g/mol. The van der Waals surface area contributed by atoms with E-state index in [1.165, 1.54) is 11.8 Å². The molecule has 2 aromatic carbocycles. The Morgan fingerprint density at radius 2 is 2.04 bits per heavy atom. The number of H-pyrrole nitrogens is 1. The van der Waals surface area contributed by atoms with Gasteiger partial charge in [0.15, 0.2) is 0 Å². The summed E-state index contributed by atoms with van der Waals surface area (Å²) in [6, 6.07) is 16.6. The minimum absolute atomic E-state index is 0.187. The predicted octanol–water partition coefficient (Wildman–Crippen LogP) is 2.87. The van der Waals surface area contributed by atoms with Crippen LogP contribution in [0.15, 0.2) is 59.8 Å². The van der Waals surface area contributed by atoms with Gasteiger partial charge in [-0.3, -0.25) is 4.79 Å². The van der Waals surface area contributed by atoms with Crippen molar-refractivity contribution in [1.29, 1.82) is 0 Å². The largest absolute Gasteiger partial charge is 0.497 e. The number of rotatable bonds is 6. The predicted molar refractivity (Wildman–Crippen MR) is 97.5 cm³/mol. The van der Waals surface area contributed by atoms with E-state index in [2.05, 4.69) is 20.5 Å². The standard InChI is InChI=1S/C17H17N5O2S/c1-24-13-9-5-8-12(10-13)19-15(23)14(11-6-3-2-4-7-11)25-17-20-16(18)21-22-17/h2-10,14H,1H3,(H,19,23)(H3,18,20,21,22)/t14-/m1/s1. The van der Waals surface area contributed by atoms with E-state index in [1.54, 1.807) is 19.2 Å². The van der Waals surface area contributed by atoms with Crippen molar-refractivity contribution in [2.75, 3.05) is 18.2 Å². The molecule has 7 nitrogen and oxygen atoms in total. The number of nitrogens with two attached hydrogens (primary N) is 1. The fraction of sp³-hybridized carbons (Fsp3) is 0.118. The molecule has 1 amide bonds. The van der Waals surface area contributed by atoms with Crippen molar-refractivity contribution in [2.45, 2.75) is 10.4 Å². The molecule has 3 aromatic rings. The molecule has 0 aliphatic rings. The summed E-state index contributed by atoms with van der Waals surface area (Å²) in [5.74, 6) is 0.693. The van der Waals surface area contributed by atoms with Crippen LogP contribution >= 0.6 is 11.8 Å². The molecule has 0 saturated heterocycles. The number of carbonyl (C=O) groups excluding carboxylic acids is 1. The molecule has 25 heavy (non-hydrogen) atoms. The summed E-state index contributed by atoms with van der Waals surface area (Å²) in [7, 11) is 1.58. The number of thioether (sulfide) groups is 1. The Labute approximate surface area is 149 Å². The second-order valence-electron chi connectivity index (χ2n) is 5.13. The Kier molecular flexibility index (Phi) is 5.20. The molecule has 0 radical (unpaired) electrons. The van der Waals surface area contributed by atoms with E-state index in [0.717, 1.165) is 5.56 Å². The zero-order valence-electron chi connectivity index (χ0n) is 13.5. The minimum atomic E-state index is -0.525. The average Bonchev–Trinajstić information content (AvgIpc) is 3.05. The number of carbonyl (C=O) groups is 1. The number of anilines is 2. The van der Waals surface area contributed by atoms with E-state index in [0.29, 0.717) is 16.6 Å². The third kappa shape index (κ3) is 4.30. The topological polar surface area (TPSA) is 106 Å². The van der Waals surface area contributed by atoms with Crippen LogP contribution in [0.5, 0.6) is 5.75 Å². The van der Waals surface area contributed by atoms with Crippen LogP contribution in [0.25, 0.3) is 0 Å². The van der Waals surface area contributed by atoms with E-state index in [1.807, 2.05) is 42.5 Å². The van der Waals surface area contributed by atoms with Gasteiger partial charge in [0, 0.05) is 11.8 Å². The first-order valence-corrected chi connectivity index (χ1v) is 8.38. The molecule has 0 fully saturated rings. The third-order valence-corrected chi connectivity index (χ3v) is 4.50. The highest BCUT2D eigenvalue weighted by molar-refractivity contribution is 8.00. The van der Waals surface area contributed by atoms with Crippen molar-refractivity contribution in [3.63, 3.8) is 0 Å². The Morgan fingerprint density at radius 3 is 2.72 bits per heavy atom. The van der Waals surface area contributed by atoms with Gasteiger partial charge in [0.1, 0.15) is 11.0 Å². The van der Waals surface area contributed by atoms with Crippen LogP contribution in [0.2, 0.25) is 0 Å². The Morgan fingerprint density at radius 1 is 1.24 bits per heavy atom. The lowest BCUT2D eigenvalue weighted by Gasteiger charge is -2.15. The lowest BCUT2D eigenvalue weighted by Crippen LogP contribution is -2.19. The van der Waals surface area contributed by atoms with Crippen LogP contribution in [-0.2, 0) is 4.79 Å². The van der Waals surface area contributed by atoms with Crippen molar-refractivity contribution < 1.29 is 9.53 Å². The SMILES string of the molecule is COc1cccc(NC(=O)[C@H](Sc2n[nH]c(N)n2)c2ccccc2)c1. The molecule has 0 aliphatic heterocycles. The van der Waals surface area contributed by atoms with Gasteiger partial charge in [0.25, 0.3) is 0 Å². The molecular weight excluding hydrogens is 338 g/mol. The molecule has 0 unspecified atom stereocenters. The summed E-state index contributed by atoms with van der Waals surface area (Å²) >= 11 is 1.22. The summed E-state index contributed by atoms with van der Waals surface area (Å²) in [6.07, 6.45) is 0. The molecule has 1 aromatic heterocycles. The molecule has 8 heteroatoms. The normalized spacial score (nSPS) is 11.7. The van der Waals surface area contributed by atoms with E-state index in [9.17, 15) is 4.79 Å². The number of ether oxygens (including phenoxy) is 1. The number of hydrogen-bond acceptors (Lipinski definition) is 6. The van der Waals surface area contributed by atoms with Crippen molar-refractivity contribution in [1.82, 2.24) is 15.2 Å². The first kappa shape index (κ1) is 16.8. The molecular formula is C17H17N5O2S. The zero-order chi connectivity index (χ0) is 17.6. The van der Waals surface area contributed by atoms with Crippen LogP contribution in [0.3, 0.4) is 0 Å². The smallest absolute Gasteiger partial charge is 0.242 e. The first-order valence-electron chi connectivity index (χ1n) is 7.50. The van der Waals surface area contributed by atoms with Gasteiger partial charge >= 0.3 is 0 Å². The van der Waals surface area contributed by atoms with Crippen molar-refractivity contribution >= 4 is 29.3 Å². The zero-order valence-corrected chi connectivity index (χ0v) is 14.3. The lowest BCUT2D eigenvalue weighted by atomic mass is 10.1. The van der Waals surface area contributed by atoms with Crippen molar-refractivity contribution in [3.8, 4) is 5.75 Å². The molecule has 4 N–H and O–H groups in total. The van der Waals surface area contributed by atoms with Gasteiger partial charge in [-0.25, -0.2) is 5.10 Å². The van der Waals surface area contributed by atoms with E-state index in [4.69, 9.17) is 10.5 Å². The number of aromatic nitrogens is 3. The van der Waals surface area contributed by atoms with E-state index in [-0.39, 0.29) is 11.9 Å². The molecule has 0 saturated carbocycles. The highest BCUT2D eigenvalue weighted by Gasteiger charge is 2.24. The van der Waals surface area contributed by atoms with Gasteiger partial charge < -0.3 is 15.8 Å². The van der Waals surface area contributed by atoms with Crippen molar-refractivity contribution in [3.05, 3.63) is 60.2 Å². The number of benzene rings is 2. The molecule has 0 bridgehead atoms. The fourth-order valence-electron chi connectivity index (χ4n) is 2.23.